The maximum Gasteiger partial charge on any atom is 0.257 e. The van der Waals surface area contributed by atoms with Crippen molar-refractivity contribution in [2.24, 2.45) is 0 Å². The molecule has 6 nitrogen and oxygen atoms in total. The van der Waals surface area contributed by atoms with E-state index in [2.05, 4.69) is 14.9 Å². The van der Waals surface area contributed by atoms with E-state index in [9.17, 15) is 9.18 Å². The Hall–Kier alpha value is -3.16. The van der Waals surface area contributed by atoms with E-state index in [1.54, 1.807) is 30.7 Å². The van der Waals surface area contributed by atoms with E-state index in [0.717, 1.165) is 16.7 Å². The Morgan fingerprint density at radius 2 is 1.78 bits per heavy atom. The largest absolute Gasteiger partial charge is 0.361 e. The molecule has 2 aliphatic rings. The predicted molar refractivity (Wildman–Crippen MR) is 117 cm³/mol. The van der Waals surface area contributed by atoms with Crippen LogP contribution in [0.4, 0.5) is 4.39 Å². The van der Waals surface area contributed by atoms with E-state index < -0.39 is 5.60 Å². The Morgan fingerprint density at radius 3 is 2.53 bits per heavy atom. The number of halogens is 1. The topological polar surface area (TPSA) is 58.6 Å². The summed E-state index contributed by atoms with van der Waals surface area (Å²) in [6.07, 6.45) is 7.05. The molecule has 1 aromatic carbocycles. The molecule has 2 atom stereocenters. The van der Waals surface area contributed by atoms with Crippen molar-refractivity contribution in [2.75, 3.05) is 26.2 Å². The smallest absolute Gasteiger partial charge is 0.257 e. The van der Waals surface area contributed by atoms with E-state index in [1.165, 1.54) is 12.1 Å². The van der Waals surface area contributed by atoms with Gasteiger partial charge in [-0.1, -0.05) is 18.2 Å². The summed E-state index contributed by atoms with van der Waals surface area (Å²) in [6, 6.07) is 14.3. The van der Waals surface area contributed by atoms with E-state index in [0.29, 0.717) is 39.3 Å². The van der Waals surface area contributed by atoms with Gasteiger partial charge in [-0.15, -0.1) is 0 Å². The Labute approximate surface area is 186 Å². The molecule has 2 fully saturated rings. The number of likely N-dealkylation sites (tertiary alicyclic amines) is 1. The number of carbonyl (C=O) groups is 1. The van der Waals surface area contributed by atoms with Crippen molar-refractivity contribution in [3.05, 3.63) is 95.8 Å². The molecular weight excluding hydrogens is 407 g/mol. The Kier molecular flexibility index (Phi) is 5.68. The molecular formula is C25H25FN4O2. The molecule has 0 saturated carbocycles. The molecule has 7 heteroatoms. The fraction of sp³-hybridized carbons (Fsp3) is 0.320. The van der Waals surface area contributed by atoms with Crippen LogP contribution in [0.25, 0.3) is 0 Å². The number of hydrogen-bond donors (Lipinski definition) is 0. The Bertz CT molecular complexity index is 1060. The van der Waals surface area contributed by atoms with E-state index in [4.69, 9.17) is 4.74 Å². The number of amides is 1. The number of benzene rings is 1. The highest BCUT2D eigenvalue weighted by Crippen LogP contribution is 2.42. The summed E-state index contributed by atoms with van der Waals surface area (Å²) in [5.74, 6) is -0.377. The van der Waals surface area contributed by atoms with E-state index >= 15 is 0 Å². The minimum atomic E-state index is -0.964. The molecule has 0 N–H and O–H groups in total. The summed E-state index contributed by atoms with van der Waals surface area (Å²) in [5, 5.41) is 0. The third kappa shape index (κ3) is 4.01. The lowest BCUT2D eigenvalue weighted by Crippen LogP contribution is -2.59. The van der Waals surface area contributed by atoms with Crippen molar-refractivity contribution in [1.29, 1.82) is 0 Å². The first-order valence-electron chi connectivity index (χ1n) is 10.8. The number of carbonyl (C=O) groups excluding carboxylic acids is 1. The summed E-state index contributed by atoms with van der Waals surface area (Å²) in [6.45, 7) is 3.34. The van der Waals surface area contributed by atoms with Crippen molar-refractivity contribution in [3.63, 3.8) is 0 Å². The third-order valence-corrected chi connectivity index (χ3v) is 6.36. The zero-order valence-corrected chi connectivity index (χ0v) is 17.7. The van der Waals surface area contributed by atoms with Crippen molar-refractivity contribution >= 4 is 5.91 Å². The second-order valence-corrected chi connectivity index (χ2v) is 8.46. The third-order valence-electron chi connectivity index (χ3n) is 6.36. The molecule has 4 heterocycles. The first-order valence-corrected chi connectivity index (χ1v) is 10.8. The number of hydrogen-bond acceptors (Lipinski definition) is 5. The van der Waals surface area contributed by atoms with Gasteiger partial charge in [0.2, 0.25) is 0 Å². The van der Waals surface area contributed by atoms with Crippen LogP contribution in [-0.2, 0) is 22.6 Å². The summed E-state index contributed by atoms with van der Waals surface area (Å²) < 4.78 is 19.7. The first kappa shape index (κ1) is 20.7. The molecule has 5 rings (SSSR count). The van der Waals surface area contributed by atoms with Crippen molar-refractivity contribution in [3.8, 4) is 0 Å². The molecule has 1 spiro atoms. The first-order chi connectivity index (χ1) is 15.6. The van der Waals surface area contributed by atoms with Crippen LogP contribution in [0, 0.1) is 5.82 Å². The lowest BCUT2D eigenvalue weighted by Gasteiger charge is -2.42. The maximum atomic E-state index is 13.9. The lowest BCUT2D eigenvalue weighted by molar-refractivity contribution is -0.173. The lowest BCUT2D eigenvalue weighted by atomic mass is 9.83. The Morgan fingerprint density at radius 1 is 1.00 bits per heavy atom. The van der Waals surface area contributed by atoms with Gasteiger partial charge < -0.3 is 9.64 Å². The molecule has 32 heavy (non-hydrogen) atoms. The summed E-state index contributed by atoms with van der Waals surface area (Å²) in [7, 11) is 0. The Balaban J connectivity index is 1.44. The fourth-order valence-electron chi connectivity index (χ4n) is 4.83. The van der Waals surface area contributed by atoms with Gasteiger partial charge >= 0.3 is 0 Å². The summed E-state index contributed by atoms with van der Waals surface area (Å²) in [4.78, 5) is 26.3. The van der Waals surface area contributed by atoms with Gasteiger partial charge in [-0.05, 0) is 47.0 Å². The summed E-state index contributed by atoms with van der Waals surface area (Å²) in [5.41, 5.74) is 2.08. The van der Waals surface area contributed by atoms with Crippen LogP contribution in [0.1, 0.15) is 22.6 Å². The molecule has 2 aliphatic heterocycles. The normalized spacial score (nSPS) is 23.7. The van der Waals surface area contributed by atoms with Crippen LogP contribution < -0.4 is 0 Å². The van der Waals surface area contributed by atoms with Gasteiger partial charge in [-0.3, -0.25) is 19.7 Å². The van der Waals surface area contributed by atoms with Crippen molar-refractivity contribution in [2.45, 2.75) is 24.6 Å². The van der Waals surface area contributed by atoms with Crippen LogP contribution >= 0.6 is 0 Å². The van der Waals surface area contributed by atoms with Gasteiger partial charge in [-0.25, -0.2) is 4.39 Å². The highest BCUT2D eigenvalue weighted by atomic mass is 19.1. The van der Waals surface area contributed by atoms with Gasteiger partial charge in [0.25, 0.3) is 5.91 Å². The molecule has 2 saturated heterocycles. The summed E-state index contributed by atoms with van der Waals surface area (Å²) >= 11 is 0. The molecule has 0 bridgehead atoms. The second-order valence-electron chi connectivity index (χ2n) is 8.46. The quantitative estimate of drug-likeness (QED) is 0.620. The SMILES string of the molecule is O=C1N(Cc2ccncc2)CCO[C@@]12CN(Cc1ccc(F)cc1)C[C@H]2c1cccnc1. The highest BCUT2D eigenvalue weighted by Gasteiger charge is 2.56. The predicted octanol–water partition coefficient (Wildman–Crippen LogP) is 3.01. The van der Waals surface area contributed by atoms with E-state index in [1.807, 2.05) is 35.4 Å². The van der Waals surface area contributed by atoms with Crippen LogP contribution in [0.15, 0.2) is 73.3 Å². The average Bonchev–Trinajstić information content (AvgIpc) is 3.18. The number of nitrogens with zero attached hydrogens (tertiary/aromatic N) is 4. The second kappa shape index (κ2) is 8.76. The van der Waals surface area contributed by atoms with Crippen LogP contribution in [0.2, 0.25) is 0 Å². The standard InChI is InChI=1S/C25H25FN4O2/c26-22-5-3-19(4-6-22)15-29-17-23(21-2-1-9-28-14-21)25(18-29)24(31)30(12-13-32-25)16-20-7-10-27-11-8-20/h1-11,14,23H,12-13,15-18H2/t23-,25+/m0/s1. The number of aromatic nitrogens is 2. The maximum absolute atomic E-state index is 13.9. The monoisotopic (exact) mass is 432 g/mol. The molecule has 0 unspecified atom stereocenters. The van der Waals surface area contributed by atoms with Crippen LogP contribution in [0.5, 0.6) is 0 Å². The molecule has 1 amide bonds. The highest BCUT2D eigenvalue weighted by molar-refractivity contribution is 5.88. The fourth-order valence-corrected chi connectivity index (χ4v) is 4.83. The van der Waals surface area contributed by atoms with E-state index in [-0.39, 0.29) is 17.6 Å². The van der Waals surface area contributed by atoms with Crippen LogP contribution in [-0.4, -0.2) is 57.5 Å². The molecule has 0 aliphatic carbocycles. The van der Waals surface area contributed by atoms with Gasteiger partial charge in [0, 0.05) is 63.4 Å². The van der Waals surface area contributed by atoms with Gasteiger partial charge in [0.05, 0.1) is 6.61 Å². The van der Waals surface area contributed by atoms with Gasteiger partial charge in [-0.2, -0.15) is 0 Å². The minimum absolute atomic E-state index is 0.0102. The number of pyridine rings is 2. The van der Waals surface area contributed by atoms with Crippen molar-refractivity contribution in [1.82, 2.24) is 19.8 Å². The van der Waals surface area contributed by atoms with Crippen molar-refractivity contribution < 1.29 is 13.9 Å². The molecule has 2 aromatic heterocycles. The number of morpholine rings is 1. The molecule has 164 valence electrons. The number of rotatable bonds is 5. The number of ether oxygens (including phenoxy) is 1. The molecule has 3 aromatic rings. The van der Waals surface area contributed by atoms with Gasteiger partial charge in [0.1, 0.15) is 5.82 Å². The van der Waals surface area contributed by atoms with Crippen LogP contribution in [0.3, 0.4) is 0 Å². The van der Waals surface area contributed by atoms with Gasteiger partial charge in [0.15, 0.2) is 5.60 Å². The average molecular weight is 432 g/mol. The zero-order valence-electron chi connectivity index (χ0n) is 17.7. The molecule has 0 radical (unpaired) electrons. The zero-order chi connectivity index (χ0) is 22.0. The minimum Gasteiger partial charge on any atom is -0.361 e.